The molecule has 0 aliphatic carbocycles. The van der Waals surface area contributed by atoms with Gasteiger partial charge in [0.05, 0.1) is 43.1 Å². The Hall–Kier alpha value is -4.14. The highest BCUT2D eigenvalue weighted by Gasteiger charge is 2.27. The fourth-order valence-corrected chi connectivity index (χ4v) is 3.59. The van der Waals surface area contributed by atoms with E-state index in [1.54, 1.807) is 35.4 Å². The molecule has 33 heavy (non-hydrogen) atoms. The van der Waals surface area contributed by atoms with E-state index in [2.05, 4.69) is 20.6 Å². The lowest BCUT2D eigenvalue weighted by molar-refractivity contribution is 0.0589. The lowest BCUT2D eigenvalue weighted by Gasteiger charge is -2.12. The van der Waals surface area contributed by atoms with E-state index in [9.17, 15) is 9.59 Å². The topological polar surface area (TPSA) is 111 Å². The predicted molar refractivity (Wildman–Crippen MR) is 124 cm³/mol. The second kappa shape index (κ2) is 9.56. The first-order valence-electron chi connectivity index (χ1n) is 10.6. The van der Waals surface area contributed by atoms with Crippen molar-refractivity contribution in [3.8, 4) is 0 Å². The van der Waals surface area contributed by atoms with Crippen molar-refractivity contribution in [2.45, 2.75) is 26.9 Å². The Morgan fingerprint density at radius 2 is 2.06 bits per heavy atom. The van der Waals surface area contributed by atoms with Crippen LogP contribution in [0.15, 0.2) is 59.6 Å². The molecule has 0 saturated heterocycles. The first-order valence-corrected chi connectivity index (χ1v) is 10.6. The molecule has 0 saturated carbocycles. The van der Waals surface area contributed by atoms with Crippen molar-refractivity contribution in [1.29, 1.82) is 0 Å². The van der Waals surface area contributed by atoms with Gasteiger partial charge in [0.25, 0.3) is 5.91 Å². The van der Waals surface area contributed by atoms with Gasteiger partial charge in [-0.3, -0.25) is 9.78 Å². The molecule has 0 aliphatic heterocycles. The van der Waals surface area contributed by atoms with Gasteiger partial charge in [-0.15, -0.1) is 0 Å². The molecule has 2 N–H and O–H groups in total. The van der Waals surface area contributed by atoms with E-state index in [0.717, 1.165) is 5.76 Å². The number of nitrogens with one attached hydrogen (secondary N) is 2. The molecule has 0 atom stereocenters. The van der Waals surface area contributed by atoms with E-state index >= 15 is 0 Å². The largest absolute Gasteiger partial charge is 0.467 e. The number of ether oxygens (including phenoxy) is 1. The van der Waals surface area contributed by atoms with Crippen molar-refractivity contribution in [2.24, 2.45) is 5.92 Å². The maximum atomic E-state index is 13.0. The van der Waals surface area contributed by atoms with Crippen LogP contribution in [0.3, 0.4) is 0 Å². The predicted octanol–water partition coefficient (Wildman–Crippen LogP) is 4.33. The Bertz CT molecular complexity index is 1260. The summed E-state index contributed by atoms with van der Waals surface area (Å²) in [7, 11) is 1.32. The fourth-order valence-electron chi connectivity index (χ4n) is 3.59. The maximum Gasteiger partial charge on any atom is 0.356 e. The molecule has 1 amide bonds. The summed E-state index contributed by atoms with van der Waals surface area (Å²) in [5, 5.41) is 6.77. The number of carbonyl (C=O) groups is 2. The number of nitrogens with zero attached hydrogens (tertiary/aromatic N) is 3. The molecule has 4 aromatic heterocycles. The van der Waals surface area contributed by atoms with Gasteiger partial charge in [-0.1, -0.05) is 13.8 Å². The highest BCUT2D eigenvalue weighted by molar-refractivity contribution is 6.14. The van der Waals surface area contributed by atoms with E-state index in [4.69, 9.17) is 9.15 Å². The Morgan fingerprint density at radius 1 is 1.21 bits per heavy atom. The lowest BCUT2D eigenvalue weighted by Crippen LogP contribution is -2.18. The first kappa shape index (κ1) is 22.1. The van der Waals surface area contributed by atoms with Crippen LogP contribution in [0.25, 0.3) is 11.0 Å². The number of aromatic nitrogens is 3. The number of amides is 1. The normalized spacial score (nSPS) is 11.0. The van der Waals surface area contributed by atoms with E-state index in [-0.39, 0.29) is 17.5 Å². The lowest BCUT2D eigenvalue weighted by atomic mass is 10.2. The molecule has 4 heterocycles. The summed E-state index contributed by atoms with van der Waals surface area (Å²) < 4.78 is 12.2. The van der Waals surface area contributed by atoms with Gasteiger partial charge in [-0.05, 0) is 36.2 Å². The van der Waals surface area contributed by atoms with Gasteiger partial charge in [0.15, 0.2) is 5.69 Å². The van der Waals surface area contributed by atoms with Gasteiger partial charge in [0.2, 0.25) is 0 Å². The van der Waals surface area contributed by atoms with Gasteiger partial charge in [0, 0.05) is 24.3 Å². The number of hydrogen-bond donors (Lipinski definition) is 2. The second-order valence-electron chi connectivity index (χ2n) is 7.94. The molecule has 0 unspecified atom stereocenters. The minimum atomic E-state index is -0.555. The van der Waals surface area contributed by atoms with E-state index < -0.39 is 5.97 Å². The van der Waals surface area contributed by atoms with Crippen LogP contribution in [0.4, 0.5) is 11.4 Å². The molecule has 9 heteroatoms. The standard InChI is InChI=1S/C24H25N5O4/c1-15(2)14-29-21(24(31)32-3)20(28-23(30)16-6-4-8-25-11-16)19-10-17(12-27-22(19)29)26-13-18-7-5-9-33-18/h4-12,15,26H,13-14H2,1-3H3,(H,28,30). The van der Waals surface area contributed by atoms with Crippen LogP contribution >= 0.6 is 0 Å². The van der Waals surface area contributed by atoms with Crippen LogP contribution in [0, 0.1) is 5.92 Å². The molecule has 0 radical (unpaired) electrons. The molecular weight excluding hydrogens is 422 g/mol. The molecule has 170 valence electrons. The van der Waals surface area contributed by atoms with Gasteiger partial charge in [-0.2, -0.15) is 0 Å². The van der Waals surface area contributed by atoms with Crippen molar-refractivity contribution in [1.82, 2.24) is 14.5 Å². The van der Waals surface area contributed by atoms with E-state index in [1.165, 1.54) is 13.3 Å². The quantitative estimate of drug-likeness (QED) is 0.387. The Labute approximate surface area is 190 Å². The number of esters is 1. The summed E-state index contributed by atoms with van der Waals surface area (Å²) in [6, 6.07) is 8.87. The third-order valence-corrected chi connectivity index (χ3v) is 5.03. The average Bonchev–Trinajstić information content (AvgIpc) is 3.44. The zero-order valence-electron chi connectivity index (χ0n) is 18.7. The third kappa shape index (κ3) is 4.72. The van der Waals surface area contributed by atoms with Crippen molar-refractivity contribution in [3.63, 3.8) is 0 Å². The highest BCUT2D eigenvalue weighted by atomic mass is 16.5. The molecule has 4 aromatic rings. The molecule has 4 rings (SSSR count). The smallest absolute Gasteiger partial charge is 0.356 e. The average molecular weight is 447 g/mol. The number of anilines is 2. The number of pyridine rings is 2. The second-order valence-corrected chi connectivity index (χ2v) is 7.94. The van der Waals surface area contributed by atoms with Gasteiger partial charge >= 0.3 is 5.97 Å². The van der Waals surface area contributed by atoms with Crippen molar-refractivity contribution < 1.29 is 18.7 Å². The van der Waals surface area contributed by atoms with Gasteiger partial charge in [0.1, 0.15) is 11.4 Å². The van der Waals surface area contributed by atoms with Gasteiger partial charge < -0.3 is 24.4 Å². The zero-order valence-corrected chi connectivity index (χ0v) is 18.7. The molecule has 0 fully saturated rings. The molecular formula is C24H25N5O4. The van der Waals surface area contributed by atoms with E-state index in [0.29, 0.717) is 41.1 Å². The van der Waals surface area contributed by atoms with Crippen LogP contribution < -0.4 is 10.6 Å². The van der Waals surface area contributed by atoms with E-state index in [1.807, 2.05) is 32.0 Å². The Kier molecular flexibility index (Phi) is 6.39. The van der Waals surface area contributed by atoms with Crippen LogP contribution in [-0.2, 0) is 17.8 Å². The fraction of sp³-hybridized carbons (Fsp3) is 0.250. The number of rotatable bonds is 8. The number of carbonyl (C=O) groups excluding carboxylic acids is 2. The van der Waals surface area contributed by atoms with Crippen molar-refractivity contribution in [2.75, 3.05) is 17.7 Å². The monoisotopic (exact) mass is 447 g/mol. The highest BCUT2D eigenvalue weighted by Crippen LogP contribution is 2.33. The SMILES string of the molecule is COC(=O)c1c(NC(=O)c2cccnc2)c2cc(NCc3ccco3)cnc2n1CC(C)C. The van der Waals surface area contributed by atoms with Crippen molar-refractivity contribution >= 4 is 34.3 Å². The van der Waals surface area contributed by atoms with Crippen molar-refractivity contribution in [3.05, 3.63) is 72.2 Å². The third-order valence-electron chi connectivity index (χ3n) is 5.03. The number of methoxy groups -OCH3 is 1. The maximum absolute atomic E-state index is 13.0. The Balaban J connectivity index is 1.81. The molecule has 0 spiro atoms. The molecule has 0 bridgehead atoms. The first-order chi connectivity index (χ1) is 16.0. The summed E-state index contributed by atoms with van der Waals surface area (Å²) in [6.07, 6.45) is 6.36. The molecule has 0 aromatic carbocycles. The number of fused-ring (bicyclic) bond motifs is 1. The number of furan rings is 1. The summed E-state index contributed by atoms with van der Waals surface area (Å²) in [5.74, 6) is 0.0586. The van der Waals surface area contributed by atoms with Gasteiger partial charge in [-0.25, -0.2) is 9.78 Å². The zero-order chi connectivity index (χ0) is 23.4. The summed E-state index contributed by atoms with van der Waals surface area (Å²) in [5.41, 5.74) is 2.26. The minimum Gasteiger partial charge on any atom is -0.467 e. The molecule has 9 nitrogen and oxygen atoms in total. The number of hydrogen-bond acceptors (Lipinski definition) is 7. The molecule has 0 aliphatic rings. The summed E-state index contributed by atoms with van der Waals surface area (Å²) in [6.45, 7) is 5.07. The summed E-state index contributed by atoms with van der Waals surface area (Å²) in [4.78, 5) is 34.4. The Morgan fingerprint density at radius 3 is 2.73 bits per heavy atom. The van der Waals surface area contributed by atoms with Crippen LogP contribution in [0.5, 0.6) is 0 Å². The van der Waals surface area contributed by atoms with Crippen LogP contribution in [0.1, 0.15) is 40.5 Å². The van der Waals surface area contributed by atoms with Crippen LogP contribution in [-0.4, -0.2) is 33.5 Å². The van der Waals surface area contributed by atoms with Crippen LogP contribution in [0.2, 0.25) is 0 Å². The summed E-state index contributed by atoms with van der Waals surface area (Å²) >= 11 is 0. The minimum absolute atomic E-state index is 0.226.